The molecule has 1 aliphatic rings. The lowest BCUT2D eigenvalue weighted by Gasteiger charge is -2.23. The predicted octanol–water partition coefficient (Wildman–Crippen LogP) is 1.75. The first-order chi connectivity index (χ1) is 15.4. The minimum absolute atomic E-state index is 0.0284. The zero-order chi connectivity index (χ0) is 22.6. The van der Waals surface area contributed by atoms with E-state index in [1.54, 1.807) is 22.9 Å². The van der Waals surface area contributed by atoms with Crippen LogP contribution in [0, 0.1) is 0 Å². The van der Waals surface area contributed by atoms with Gasteiger partial charge in [-0.2, -0.15) is 11.3 Å². The first-order valence-electron chi connectivity index (χ1n) is 10.2. The number of nitrogens with two attached hydrogens (primary N) is 1. The molecule has 3 heterocycles. The van der Waals surface area contributed by atoms with E-state index in [-0.39, 0.29) is 34.9 Å². The van der Waals surface area contributed by atoms with Crippen LogP contribution in [-0.4, -0.2) is 43.4 Å². The number of hydrogen-bond acceptors (Lipinski definition) is 8. The van der Waals surface area contributed by atoms with Gasteiger partial charge in [-0.05, 0) is 42.5 Å². The van der Waals surface area contributed by atoms with Gasteiger partial charge in [-0.1, -0.05) is 18.2 Å². The maximum Gasteiger partial charge on any atom is 0.274 e. The smallest absolute Gasteiger partial charge is 0.274 e. The van der Waals surface area contributed by atoms with E-state index in [9.17, 15) is 13.2 Å². The second-order valence-corrected chi connectivity index (χ2v) is 10.0. The van der Waals surface area contributed by atoms with Crippen LogP contribution in [0.15, 0.2) is 52.2 Å². The van der Waals surface area contributed by atoms with Crippen LogP contribution in [0.3, 0.4) is 0 Å². The second-order valence-electron chi connectivity index (χ2n) is 7.49. The Morgan fingerprint density at radius 2 is 2.19 bits per heavy atom. The molecule has 1 atom stereocenters. The van der Waals surface area contributed by atoms with Crippen molar-refractivity contribution in [3.8, 4) is 11.3 Å². The number of aromatic nitrogens is 2. The van der Waals surface area contributed by atoms with Gasteiger partial charge in [0.2, 0.25) is 10.0 Å². The van der Waals surface area contributed by atoms with Crippen LogP contribution in [0.1, 0.15) is 28.9 Å². The van der Waals surface area contributed by atoms with Gasteiger partial charge in [-0.15, -0.1) is 0 Å². The molecule has 5 N–H and O–H groups in total. The minimum atomic E-state index is -3.57. The van der Waals surface area contributed by atoms with E-state index in [0.717, 1.165) is 24.9 Å². The third-order valence-electron chi connectivity index (χ3n) is 5.14. The third kappa shape index (κ3) is 5.30. The number of nitrogens with zero attached hydrogens (tertiary/aromatic N) is 2. The number of carbonyl (C=O) groups excluding carboxylic acids is 1. The Morgan fingerprint density at radius 3 is 2.94 bits per heavy atom. The summed E-state index contributed by atoms with van der Waals surface area (Å²) in [7, 11) is -3.57. The van der Waals surface area contributed by atoms with Crippen LogP contribution in [0.25, 0.3) is 11.3 Å². The molecule has 1 saturated heterocycles. The number of nitrogens with one attached hydrogen (secondary N) is 3. The molecule has 0 bridgehead atoms. The van der Waals surface area contributed by atoms with Crippen LogP contribution in [-0.2, 0) is 16.6 Å². The predicted molar refractivity (Wildman–Crippen MR) is 124 cm³/mol. The molecule has 4 rings (SSSR count). The summed E-state index contributed by atoms with van der Waals surface area (Å²) in [4.78, 5) is 21.5. The van der Waals surface area contributed by atoms with Crippen LogP contribution in [0.5, 0.6) is 0 Å². The Morgan fingerprint density at radius 1 is 1.31 bits per heavy atom. The van der Waals surface area contributed by atoms with Gasteiger partial charge >= 0.3 is 0 Å². The number of amides is 1. The Hall–Kier alpha value is -2.86. The number of rotatable bonds is 7. The summed E-state index contributed by atoms with van der Waals surface area (Å²) in [5, 5.41) is 9.51. The van der Waals surface area contributed by atoms with Crippen molar-refractivity contribution in [2.24, 2.45) is 0 Å². The number of piperidine rings is 1. The summed E-state index contributed by atoms with van der Waals surface area (Å²) in [6, 6.07) is 8.83. The lowest BCUT2D eigenvalue weighted by molar-refractivity contribution is 0.0926. The normalized spacial score (nSPS) is 16.6. The maximum atomic E-state index is 12.7. The van der Waals surface area contributed by atoms with Crippen LogP contribution >= 0.6 is 11.3 Å². The number of sulfonamides is 1. The van der Waals surface area contributed by atoms with Crippen LogP contribution < -0.4 is 21.1 Å². The molecule has 32 heavy (non-hydrogen) atoms. The topological polar surface area (TPSA) is 139 Å². The Bertz CT molecular complexity index is 1190. The number of carbonyl (C=O) groups is 1. The summed E-state index contributed by atoms with van der Waals surface area (Å²) in [5.74, 6) is -0.292. The molecule has 2 aromatic heterocycles. The van der Waals surface area contributed by atoms with Crippen molar-refractivity contribution < 1.29 is 13.2 Å². The average molecular weight is 473 g/mol. The van der Waals surface area contributed by atoms with Gasteiger partial charge in [0.15, 0.2) is 11.5 Å². The van der Waals surface area contributed by atoms with Gasteiger partial charge in [0, 0.05) is 30.1 Å². The van der Waals surface area contributed by atoms with Gasteiger partial charge in [0.1, 0.15) is 0 Å². The monoisotopic (exact) mass is 472 g/mol. The van der Waals surface area contributed by atoms with E-state index in [4.69, 9.17) is 5.73 Å². The molecule has 1 amide bonds. The molecule has 0 aliphatic carbocycles. The summed E-state index contributed by atoms with van der Waals surface area (Å²) in [6.45, 7) is 1.78. The van der Waals surface area contributed by atoms with E-state index < -0.39 is 10.0 Å². The van der Waals surface area contributed by atoms with Crippen molar-refractivity contribution in [1.29, 1.82) is 0 Å². The molecular weight excluding hydrogens is 448 g/mol. The summed E-state index contributed by atoms with van der Waals surface area (Å²) < 4.78 is 27.3. The number of anilines is 1. The highest BCUT2D eigenvalue weighted by molar-refractivity contribution is 7.89. The highest BCUT2D eigenvalue weighted by Gasteiger charge is 2.20. The molecule has 1 aromatic carbocycles. The van der Waals surface area contributed by atoms with Crippen LogP contribution in [0.4, 0.5) is 5.82 Å². The number of benzene rings is 1. The Labute approximate surface area is 190 Å². The van der Waals surface area contributed by atoms with Gasteiger partial charge in [0.05, 0.1) is 16.8 Å². The van der Waals surface area contributed by atoms with Crippen molar-refractivity contribution in [2.45, 2.75) is 30.3 Å². The summed E-state index contributed by atoms with van der Waals surface area (Å²) in [5.41, 5.74) is 7.94. The zero-order valence-electron chi connectivity index (χ0n) is 17.2. The molecule has 168 valence electrons. The van der Waals surface area contributed by atoms with E-state index in [1.165, 1.54) is 17.5 Å². The van der Waals surface area contributed by atoms with Crippen molar-refractivity contribution in [2.75, 3.05) is 18.8 Å². The third-order valence-corrected chi connectivity index (χ3v) is 7.37. The van der Waals surface area contributed by atoms with E-state index in [0.29, 0.717) is 17.8 Å². The summed E-state index contributed by atoms with van der Waals surface area (Å²) >= 11 is 1.32. The van der Waals surface area contributed by atoms with Gasteiger partial charge in [-0.25, -0.2) is 23.1 Å². The fourth-order valence-electron chi connectivity index (χ4n) is 3.44. The Kier molecular flexibility index (Phi) is 6.80. The van der Waals surface area contributed by atoms with E-state index in [2.05, 4.69) is 25.3 Å². The number of hydrogen-bond donors (Lipinski definition) is 4. The second kappa shape index (κ2) is 9.74. The van der Waals surface area contributed by atoms with Gasteiger partial charge < -0.3 is 16.4 Å². The molecule has 3 aromatic rings. The largest absolute Gasteiger partial charge is 0.382 e. The fourth-order valence-corrected chi connectivity index (χ4v) is 5.49. The minimum Gasteiger partial charge on any atom is -0.382 e. The molecule has 1 unspecified atom stereocenters. The summed E-state index contributed by atoms with van der Waals surface area (Å²) in [6.07, 6.45) is 3.40. The van der Waals surface area contributed by atoms with E-state index >= 15 is 0 Å². The number of thiophene rings is 1. The average Bonchev–Trinajstić information content (AvgIpc) is 3.35. The van der Waals surface area contributed by atoms with Crippen molar-refractivity contribution in [3.63, 3.8) is 0 Å². The SMILES string of the molecule is Nc1ncc(-c2cccc(CNS(=O)(=O)c3ccsc3)c2)nc1C(=O)NC1CCCNC1. The molecule has 0 saturated carbocycles. The highest BCUT2D eigenvalue weighted by Crippen LogP contribution is 2.21. The standard InChI is InChI=1S/C21H24N6O3S2/c22-20-19(21(28)26-16-5-2-7-23-11-16)27-18(12-24-20)15-4-1-3-14(9-15)10-25-32(29,30)17-6-8-31-13-17/h1,3-4,6,8-9,12-13,16,23,25H,2,5,7,10-11H2,(H2,22,24)(H,26,28). The first-order valence-corrected chi connectivity index (χ1v) is 12.6. The quantitative estimate of drug-likeness (QED) is 0.411. The lowest BCUT2D eigenvalue weighted by Crippen LogP contribution is -2.46. The van der Waals surface area contributed by atoms with Crippen molar-refractivity contribution in [1.82, 2.24) is 25.3 Å². The van der Waals surface area contributed by atoms with Crippen LogP contribution in [0.2, 0.25) is 0 Å². The molecular formula is C21H24N6O3S2. The zero-order valence-corrected chi connectivity index (χ0v) is 18.9. The molecule has 0 spiro atoms. The first kappa shape index (κ1) is 22.3. The molecule has 1 fully saturated rings. The Balaban J connectivity index is 1.50. The lowest BCUT2D eigenvalue weighted by atomic mass is 10.1. The van der Waals surface area contributed by atoms with Crippen molar-refractivity contribution >= 4 is 33.1 Å². The van der Waals surface area contributed by atoms with E-state index in [1.807, 2.05) is 18.2 Å². The molecule has 11 heteroatoms. The molecule has 1 aliphatic heterocycles. The highest BCUT2D eigenvalue weighted by atomic mass is 32.2. The molecule has 0 radical (unpaired) electrons. The van der Waals surface area contributed by atoms with Gasteiger partial charge in [-0.3, -0.25) is 4.79 Å². The van der Waals surface area contributed by atoms with Gasteiger partial charge in [0.25, 0.3) is 5.91 Å². The number of nitrogen functional groups attached to an aromatic ring is 1. The van der Waals surface area contributed by atoms with Crippen molar-refractivity contribution in [3.05, 3.63) is 58.5 Å². The maximum absolute atomic E-state index is 12.7. The fraction of sp³-hybridized carbons (Fsp3) is 0.286. The molecule has 9 nitrogen and oxygen atoms in total.